The molecule has 3 aromatic rings. The number of halogens is 2. The zero-order chi connectivity index (χ0) is 18.5. The molecule has 0 fully saturated rings. The van der Waals surface area contributed by atoms with Gasteiger partial charge in [0.2, 0.25) is 0 Å². The van der Waals surface area contributed by atoms with Crippen molar-refractivity contribution in [3.8, 4) is 5.75 Å². The van der Waals surface area contributed by atoms with E-state index in [1.807, 2.05) is 30.3 Å². The number of ether oxygens (including phenoxy) is 1. The van der Waals surface area contributed by atoms with Crippen LogP contribution in [0.25, 0.3) is 10.8 Å². The molecule has 0 saturated heterocycles. The number of benzene rings is 3. The van der Waals surface area contributed by atoms with Crippen LogP contribution in [0.4, 0.5) is 14.5 Å². The van der Waals surface area contributed by atoms with Gasteiger partial charge in [-0.15, -0.1) is 0 Å². The van der Waals surface area contributed by atoms with Gasteiger partial charge in [0.25, 0.3) is 5.91 Å². The molecular formula is C19H14F2N2O2S. The Hall–Kier alpha value is -3.06. The van der Waals surface area contributed by atoms with Crippen LogP contribution in [0.5, 0.6) is 5.75 Å². The Morgan fingerprint density at radius 2 is 1.65 bits per heavy atom. The summed E-state index contributed by atoms with van der Waals surface area (Å²) >= 11 is 5.10. The van der Waals surface area contributed by atoms with Crippen LogP contribution in [-0.4, -0.2) is 17.6 Å². The lowest BCUT2D eigenvalue weighted by Gasteiger charge is -2.14. The molecular weight excluding hydrogens is 358 g/mol. The molecule has 3 rings (SSSR count). The predicted octanol–water partition coefficient (Wildman–Crippen LogP) is 4.57. The maximum atomic E-state index is 12.4. The van der Waals surface area contributed by atoms with E-state index in [0.717, 1.165) is 10.8 Å². The van der Waals surface area contributed by atoms with E-state index >= 15 is 0 Å². The van der Waals surface area contributed by atoms with Crippen molar-refractivity contribution in [2.45, 2.75) is 6.61 Å². The topological polar surface area (TPSA) is 50.4 Å². The fourth-order valence-corrected chi connectivity index (χ4v) is 2.63. The molecule has 4 nitrogen and oxygen atoms in total. The molecule has 0 unspecified atom stereocenters. The molecule has 0 aromatic heterocycles. The summed E-state index contributed by atoms with van der Waals surface area (Å²) in [5, 5.41) is 7.15. The summed E-state index contributed by atoms with van der Waals surface area (Å²) in [7, 11) is 0. The maximum Gasteiger partial charge on any atom is 0.387 e. The molecule has 26 heavy (non-hydrogen) atoms. The summed E-state index contributed by atoms with van der Waals surface area (Å²) in [6.07, 6.45) is 0. The van der Waals surface area contributed by atoms with E-state index in [0.29, 0.717) is 5.56 Å². The van der Waals surface area contributed by atoms with Crippen molar-refractivity contribution in [3.63, 3.8) is 0 Å². The van der Waals surface area contributed by atoms with Gasteiger partial charge in [-0.2, -0.15) is 8.78 Å². The van der Waals surface area contributed by atoms with Crippen LogP contribution in [0, 0.1) is 0 Å². The average molecular weight is 372 g/mol. The standard InChI is InChI=1S/C19H14F2N2O2S/c20-18(21)25-16-8-4-3-7-15(16)22-19(26)23-17(24)14-10-9-12-5-1-2-6-13(12)11-14/h1-11,18H,(H2,22,23,24,26). The van der Waals surface area contributed by atoms with E-state index in [4.69, 9.17) is 12.2 Å². The molecule has 0 aliphatic carbocycles. The Bertz CT molecular complexity index is 963. The highest BCUT2D eigenvalue weighted by molar-refractivity contribution is 7.80. The quantitative estimate of drug-likeness (QED) is 0.659. The first kappa shape index (κ1) is 17.8. The van der Waals surface area contributed by atoms with E-state index in [2.05, 4.69) is 15.4 Å². The van der Waals surface area contributed by atoms with Crippen LogP contribution >= 0.6 is 12.2 Å². The highest BCUT2D eigenvalue weighted by Gasteiger charge is 2.12. The molecule has 0 aliphatic heterocycles. The summed E-state index contributed by atoms with van der Waals surface area (Å²) in [6.45, 7) is -2.96. The fourth-order valence-electron chi connectivity index (χ4n) is 2.43. The molecule has 3 aromatic carbocycles. The van der Waals surface area contributed by atoms with Crippen LogP contribution in [0.2, 0.25) is 0 Å². The van der Waals surface area contributed by atoms with Crippen molar-refractivity contribution in [3.05, 3.63) is 72.3 Å². The number of carbonyl (C=O) groups excluding carboxylic acids is 1. The first-order chi connectivity index (χ1) is 12.5. The Morgan fingerprint density at radius 1 is 0.962 bits per heavy atom. The van der Waals surface area contributed by atoms with Gasteiger partial charge >= 0.3 is 6.61 Å². The molecule has 0 aliphatic rings. The van der Waals surface area contributed by atoms with Crippen LogP contribution < -0.4 is 15.4 Å². The molecule has 0 radical (unpaired) electrons. The molecule has 0 bridgehead atoms. The Labute approximate surface area is 153 Å². The maximum absolute atomic E-state index is 12.4. The average Bonchev–Trinajstić information content (AvgIpc) is 2.62. The number of hydrogen-bond acceptors (Lipinski definition) is 3. The van der Waals surface area contributed by atoms with Crippen LogP contribution in [0.1, 0.15) is 10.4 Å². The lowest BCUT2D eigenvalue weighted by atomic mass is 10.1. The normalized spacial score (nSPS) is 10.6. The van der Waals surface area contributed by atoms with Gasteiger partial charge in [0.1, 0.15) is 5.75 Å². The third kappa shape index (κ3) is 4.31. The van der Waals surface area contributed by atoms with E-state index in [1.165, 1.54) is 12.1 Å². The SMILES string of the molecule is O=C(NC(=S)Nc1ccccc1OC(F)F)c1ccc2ccccc2c1. The zero-order valence-electron chi connectivity index (χ0n) is 13.4. The number of rotatable bonds is 4. The Morgan fingerprint density at radius 3 is 2.42 bits per heavy atom. The van der Waals surface area contributed by atoms with Crippen molar-refractivity contribution in [2.24, 2.45) is 0 Å². The van der Waals surface area contributed by atoms with Gasteiger partial charge in [0.05, 0.1) is 5.69 Å². The van der Waals surface area contributed by atoms with E-state index in [-0.39, 0.29) is 16.5 Å². The minimum Gasteiger partial charge on any atom is -0.433 e. The van der Waals surface area contributed by atoms with Crippen LogP contribution in [0.15, 0.2) is 66.7 Å². The van der Waals surface area contributed by atoms with Gasteiger partial charge in [-0.25, -0.2) is 0 Å². The first-order valence-electron chi connectivity index (χ1n) is 7.68. The highest BCUT2D eigenvalue weighted by atomic mass is 32.1. The largest absolute Gasteiger partial charge is 0.433 e. The second-order valence-corrected chi connectivity index (χ2v) is 5.75. The smallest absolute Gasteiger partial charge is 0.387 e. The van der Waals surface area contributed by atoms with Gasteiger partial charge < -0.3 is 10.1 Å². The summed E-state index contributed by atoms with van der Waals surface area (Å²) in [4.78, 5) is 12.4. The number of anilines is 1. The monoisotopic (exact) mass is 372 g/mol. The lowest BCUT2D eigenvalue weighted by molar-refractivity contribution is -0.0493. The van der Waals surface area contributed by atoms with E-state index in [1.54, 1.807) is 24.3 Å². The number of alkyl halides is 2. The zero-order valence-corrected chi connectivity index (χ0v) is 14.2. The molecule has 132 valence electrons. The van der Waals surface area contributed by atoms with Crippen molar-refractivity contribution >= 4 is 39.7 Å². The summed E-state index contributed by atoms with van der Waals surface area (Å²) in [5.74, 6) is -0.467. The minimum atomic E-state index is -2.96. The Balaban J connectivity index is 1.70. The fraction of sp³-hybridized carbons (Fsp3) is 0.0526. The van der Waals surface area contributed by atoms with Gasteiger partial charge in [0.15, 0.2) is 5.11 Å². The molecule has 1 amide bonds. The molecule has 0 spiro atoms. The minimum absolute atomic E-state index is 0.0199. The molecule has 0 heterocycles. The van der Waals surface area contributed by atoms with E-state index in [9.17, 15) is 13.6 Å². The first-order valence-corrected chi connectivity index (χ1v) is 8.09. The number of amides is 1. The Kier molecular flexibility index (Phi) is 5.38. The molecule has 0 saturated carbocycles. The third-order valence-corrected chi connectivity index (χ3v) is 3.79. The van der Waals surface area contributed by atoms with E-state index < -0.39 is 12.5 Å². The molecule has 2 N–H and O–H groups in total. The van der Waals surface area contributed by atoms with Crippen molar-refractivity contribution in [1.29, 1.82) is 0 Å². The lowest BCUT2D eigenvalue weighted by Crippen LogP contribution is -2.34. The van der Waals surface area contributed by atoms with Gasteiger partial charge in [-0.05, 0) is 47.3 Å². The van der Waals surface area contributed by atoms with Crippen molar-refractivity contribution in [1.82, 2.24) is 5.32 Å². The summed E-state index contributed by atoms with van der Waals surface area (Å²) in [6, 6.07) is 19.0. The third-order valence-electron chi connectivity index (χ3n) is 3.59. The van der Waals surface area contributed by atoms with Gasteiger partial charge in [0, 0.05) is 5.56 Å². The summed E-state index contributed by atoms with van der Waals surface area (Å²) < 4.78 is 29.3. The van der Waals surface area contributed by atoms with Crippen molar-refractivity contribution < 1.29 is 18.3 Å². The number of thiocarbonyl (C=S) groups is 1. The number of nitrogens with one attached hydrogen (secondary N) is 2. The second-order valence-electron chi connectivity index (χ2n) is 5.34. The number of para-hydroxylation sites is 2. The van der Waals surface area contributed by atoms with Crippen LogP contribution in [0.3, 0.4) is 0 Å². The van der Waals surface area contributed by atoms with Crippen molar-refractivity contribution in [2.75, 3.05) is 5.32 Å². The van der Waals surface area contributed by atoms with Crippen LogP contribution in [-0.2, 0) is 0 Å². The molecule has 0 atom stereocenters. The van der Waals surface area contributed by atoms with Gasteiger partial charge in [-0.1, -0.05) is 42.5 Å². The number of hydrogen-bond donors (Lipinski definition) is 2. The number of fused-ring (bicyclic) bond motifs is 1. The highest BCUT2D eigenvalue weighted by Crippen LogP contribution is 2.25. The predicted molar refractivity (Wildman–Crippen MR) is 101 cm³/mol. The molecule has 7 heteroatoms. The number of carbonyl (C=O) groups is 1. The summed E-state index contributed by atoms with van der Waals surface area (Å²) in [5.41, 5.74) is 0.668. The van der Waals surface area contributed by atoms with Gasteiger partial charge in [-0.3, -0.25) is 10.1 Å². The second kappa shape index (κ2) is 7.88.